The van der Waals surface area contributed by atoms with Crippen LogP contribution in [0.15, 0.2) is 17.0 Å². The van der Waals surface area contributed by atoms with E-state index in [9.17, 15) is 8.42 Å². The van der Waals surface area contributed by atoms with E-state index in [2.05, 4.69) is 4.72 Å². The molecule has 3 N–H and O–H groups in total. The third-order valence-electron chi connectivity index (χ3n) is 3.81. The lowest BCUT2D eigenvalue weighted by Crippen LogP contribution is -2.40. The number of nitrogens with two attached hydrogens (primary N) is 1. The van der Waals surface area contributed by atoms with E-state index in [4.69, 9.17) is 28.9 Å². The lowest BCUT2D eigenvalue weighted by Gasteiger charge is -2.31. The molecule has 0 heterocycles. The van der Waals surface area contributed by atoms with Crippen LogP contribution in [0.25, 0.3) is 0 Å². The Bertz CT molecular complexity index is 601. The van der Waals surface area contributed by atoms with Gasteiger partial charge in [0.05, 0.1) is 5.02 Å². The van der Waals surface area contributed by atoms with Crippen LogP contribution in [0.5, 0.6) is 0 Å². The Labute approximate surface area is 129 Å². The molecule has 0 amide bonds. The third kappa shape index (κ3) is 3.28. The molecule has 1 aromatic carbocycles. The maximum Gasteiger partial charge on any atom is 0.242 e. The quantitative estimate of drug-likeness (QED) is 0.868. The summed E-state index contributed by atoms with van der Waals surface area (Å²) in [5.41, 5.74) is 6.11. The number of rotatable bonds is 5. The standard InChI is InChI=1S/C13H18Cl2N2O2S/c1-8(9-3-2-4-9)17-20(18,19)13-5-10(7-16)11(14)6-12(13)15/h5-6,8-9,17H,2-4,7,16H2,1H3. The largest absolute Gasteiger partial charge is 0.326 e. The average molecular weight is 337 g/mol. The topological polar surface area (TPSA) is 72.2 Å². The molecule has 1 aliphatic rings. The van der Waals surface area contributed by atoms with E-state index in [1.807, 2.05) is 6.92 Å². The van der Waals surface area contributed by atoms with Gasteiger partial charge in [-0.25, -0.2) is 13.1 Å². The van der Waals surface area contributed by atoms with Crippen molar-refractivity contribution in [3.8, 4) is 0 Å². The second kappa shape index (κ2) is 6.20. The lowest BCUT2D eigenvalue weighted by molar-refractivity contribution is 0.260. The summed E-state index contributed by atoms with van der Waals surface area (Å²) in [6, 6.07) is 2.77. The van der Waals surface area contributed by atoms with E-state index in [1.165, 1.54) is 12.1 Å². The smallest absolute Gasteiger partial charge is 0.242 e. The zero-order valence-electron chi connectivity index (χ0n) is 11.2. The molecule has 112 valence electrons. The predicted octanol–water partition coefficient (Wildman–Crippen LogP) is 2.92. The van der Waals surface area contributed by atoms with Gasteiger partial charge in [-0.05, 0) is 43.4 Å². The summed E-state index contributed by atoms with van der Waals surface area (Å²) in [6.07, 6.45) is 3.29. The minimum Gasteiger partial charge on any atom is -0.326 e. The van der Waals surface area contributed by atoms with Crippen LogP contribution in [0.4, 0.5) is 0 Å². The molecule has 0 aliphatic heterocycles. The molecule has 7 heteroatoms. The fourth-order valence-corrected chi connectivity index (χ4v) is 4.46. The van der Waals surface area contributed by atoms with Gasteiger partial charge in [0.1, 0.15) is 4.90 Å². The zero-order chi connectivity index (χ0) is 14.9. The molecule has 1 aliphatic carbocycles. The van der Waals surface area contributed by atoms with Gasteiger partial charge in [-0.15, -0.1) is 0 Å². The predicted molar refractivity (Wildman–Crippen MR) is 81.5 cm³/mol. The molecule has 1 aromatic rings. The molecule has 1 atom stereocenters. The summed E-state index contributed by atoms with van der Waals surface area (Å²) in [5, 5.41) is 0.490. The van der Waals surface area contributed by atoms with Crippen LogP contribution >= 0.6 is 23.2 Å². The second-order valence-electron chi connectivity index (χ2n) is 5.18. The molecular formula is C13H18Cl2N2O2S. The first-order valence-corrected chi connectivity index (χ1v) is 8.79. The van der Waals surface area contributed by atoms with Crippen molar-refractivity contribution in [2.75, 3.05) is 0 Å². The molecule has 0 bridgehead atoms. The molecule has 0 aromatic heterocycles. The summed E-state index contributed by atoms with van der Waals surface area (Å²) in [6.45, 7) is 2.05. The number of benzene rings is 1. The van der Waals surface area contributed by atoms with Crippen LogP contribution in [-0.4, -0.2) is 14.5 Å². The highest BCUT2D eigenvalue weighted by Gasteiger charge is 2.29. The van der Waals surface area contributed by atoms with Crippen molar-refractivity contribution in [2.24, 2.45) is 11.7 Å². The van der Waals surface area contributed by atoms with E-state index in [-0.39, 0.29) is 22.5 Å². The first kappa shape index (κ1) is 16.0. The fraction of sp³-hybridized carbons (Fsp3) is 0.538. The van der Waals surface area contributed by atoms with Crippen molar-refractivity contribution in [2.45, 2.75) is 43.7 Å². The number of hydrogen-bond acceptors (Lipinski definition) is 3. The molecular weight excluding hydrogens is 319 g/mol. The zero-order valence-corrected chi connectivity index (χ0v) is 13.5. The van der Waals surface area contributed by atoms with Crippen LogP contribution in [0.1, 0.15) is 31.7 Å². The van der Waals surface area contributed by atoms with Gasteiger partial charge in [-0.2, -0.15) is 0 Å². The maximum atomic E-state index is 12.4. The Balaban J connectivity index is 2.28. The summed E-state index contributed by atoms with van der Waals surface area (Å²) in [4.78, 5) is 0.0372. The Morgan fingerprint density at radius 3 is 2.50 bits per heavy atom. The summed E-state index contributed by atoms with van der Waals surface area (Å²) < 4.78 is 27.5. The highest BCUT2D eigenvalue weighted by Crippen LogP contribution is 2.32. The molecule has 1 saturated carbocycles. The van der Waals surface area contributed by atoms with E-state index < -0.39 is 10.0 Å². The normalized spacial score (nSPS) is 17.8. The fourth-order valence-electron chi connectivity index (χ4n) is 2.28. The van der Waals surface area contributed by atoms with Crippen molar-refractivity contribution in [1.82, 2.24) is 4.72 Å². The molecule has 0 radical (unpaired) electrons. The molecule has 1 unspecified atom stereocenters. The van der Waals surface area contributed by atoms with Gasteiger partial charge in [0.2, 0.25) is 10.0 Å². The summed E-state index contributed by atoms with van der Waals surface area (Å²) in [5.74, 6) is 0.407. The Morgan fingerprint density at radius 2 is 2.00 bits per heavy atom. The molecule has 20 heavy (non-hydrogen) atoms. The Kier molecular flexibility index (Phi) is 4.97. The monoisotopic (exact) mass is 336 g/mol. The van der Waals surface area contributed by atoms with Crippen LogP contribution < -0.4 is 10.5 Å². The van der Waals surface area contributed by atoms with E-state index in [1.54, 1.807) is 0 Å². The van der Waals surface area contributed by atoms with Crippen LogP contribution in [0.3, 0.4) is 0 Å². The van der Waals surface area contributed by atoms with Gasteiger partial charge in [-0.1, -0.05) is 29.6 Å². The minimum absolute atomic E-state index is 0.0372. The molecule has 1 fully saturated rings. The van der Waals surface area contributed by atoms with Gasteiger partial charge < -0.3 is 5.73 Å². The van der Waals surface area contributed by atoms with Crippen molar-refractivity contribution in [3.05, 3.63) is 27.7 Å². The van der Waals surface area contributed by atoms with Crippen molar-refractivity contribution < 1.29 is 8.42 Å². The van der Waals surface area contributed by atoms with Crippen LogP contribution in [0.2, 0.25) is 10.0 Å². The molecule has 0 saturated heterocycles. The van der Waals surface area contributed by atoms with Crippen LogP contribution in [-0.2, 0) is 16.6 Å². The number of halogens is 2. The van der Waals surface area contributed by atoms with Crippen molar-refractivity contribution in [3.63, 3.8) is 0 Å². The number of hydrogen-bond donors (Lipinski definition) is 2. The highest BCUT2D eigenvalue weighted by atomic mass is 35.5. The number of nitrogens with one attached hydrogen (secondary N) is 1. The number of sulfonamides is 1. The third-order valence-corrected chi connectivity index (χ3v) is 6.18. The summed E-state index contributed by atoms with van der Waals surface area (Å²) >= 11 is 12.0. The Hall–Kier alpha value is -0.330. The summed E-state index contributed by atoms with van der Waals surface area (Å²) in [7, 11) is -3.66. The van der Waals surface area contributed by atoms with Gasteiger partial charge in [0, 0.05) is 17.6 Å². The van der Waals surface area contributed by atoms with Crippen LogP contribution in [0, 0.1) is 5.92 Å². The Morgan fingerprint density at radius 1 is 1.35 bits per heavy atom. The second-order valence-corrected chi connectivity index (χ2v) is 7.68. The van der Waals surface area contributed by atoms with Gasteiger partial charge in [0.25, 0.3) is 0 Å². The van der Waals surface area contributed by atoms with E-state index in [0.29, 0.717) is 16.5 Å². The average Bonchev–Trinajstić information content (AvgIpc) is 2.25. The molecule has 0 spiro atoms. The minimum atomic E-state index is -3.66. The highest BCUT2D eigenvalue weighted by molar-refractivity contribution is 7.89. The van der Waals surface area contributed by atoms with E-state index >= 15 is 0 Å². The van der Waals surface area contributed by atoms with Crippen molar-refractivity contribution >= 4 is 33.2 Å². The van der Waals surface area contributed by atoms with Gasteiger partial charge >= 0.3 is 0 Å². The first-order chi connectivity index (χ1) is 9.35. The molecule has 2 rings (SSSR count). The van der Waals surface area contributed by atoms with Crippen molar-refractivity contribution in [1.29, 1.82) is 0 Å². The van der Waals surface area contributed by atoms with E-state index in [0.717, 1.165) is 19.3 Å². The van der Waals surface area contributed by atoms with Gasteiger partial charge in [0.15, 0.2) is 0 Å². The van der Waals surface area contributed by atoms with Gasteiger partial charge in [-0.3, -0.25) is 0 Å². The SMILES string of the molecule is CC(NS(=O)(=O)c1cc(CN)c(Cl)cc1Cl)C1CCC1. The molecule has 4 nitrogen and oxygen atoms in total. The lowest BCUT2D eigenvalue weighted by atomic mass is 9.81. The first-order valence-electron chi connectivity index (χ1n) is 6.55. The maximum absolute atomic E-state index is 12.4.